The molecule has 0 aliphatic carbocycles. The van der Waals surface area contributed by atoms with E-state index in [1.54, 1.807) is 5.38 Å². The van der Waals surface area contributed by atoms with E-state index < -0.39 is 15.6 Å². The van der Waals surface area contributed by atoms with Gasteiger partial charge in [0.05, 0.1) is 4.90 Å². The van der Waals surface area contributed by atoms with E-state index in [0.717, 1.165) is 0 Å². The predicted octanol–water partition coefficient (Wildman–Crippen LogP) is 0.458. The van der Waals surface area contributed by atoms with Gasteiger partial charge in [-0.1, -0.05) is 0 Å². The highest BCUT2D eigenvalue weighted by molar-refractivity contribution is 7.92. The van der Waals surface area contributed by atoms with Crippen LogP contribution in [0.3, 0.4) is 0 Å². The van der Waals surface area contributed by atoms with E-state index in [1.807, 2.05) is 0 Å². The predicted molar refractivity (Wildman–Crippen MR) is 48.3 cm³/mol. The summed E-state index contributed by atoms with van der Waals surface area (Å²) in [5, 5.41) is 10.1. The highest BCUT2D eigenvalue weighted by atomic mass is 32.2. The third kappa shape index (κ3) is 2.05. The molecule has 0 atom stereocenters. The summed E-state index contributed by atoms with van der Waals surface area (Å²) >= 11 is 1.30. The van der Waals surface area contributed by atoms with Crippen molar-refractivity contribution < 1.29 is 8.42 Å². The van der Waals surface area contributed by atoms with Crippen molar-refractivity contribution in [2.75, 3.05) is 5.75 Å². The van der Waals surface area contributed by atoms with Crippen LogP contribution in [0.25, 0.3) is 0 Å². The molecule has 1 aromatic heterocycles. The monoisotopic (exact) mass is 204 g/mol. The number of nitrogens with two attached hydrogens (primary N) is 1. The van der Waals surface area contributed by atoms with Gasteiger partial charge in [0.15, 0.2) is 9.84 Å². The minimum absolute atomic E-state index is 0.239. The molecule has 1 aromatic rings. The molecule has 0 unspecified atom stereocenters. The van der Waals surface area contributed by atoms with Gasteiger partial charge in [-0.25, -0.2) is 8.42 Å². The molecule has 1 heterocycles. The van der Waals surface area contributed by atoms with Crippen molar-refractivity contribution >= 4 is 27.0 Å². The number of hydrogen-bond acceptors (Lipinski definition) is 4. The Bertz CT molecular complexity index is 366. The highest BCUT2D eigenvalue weighted by Gasteiger charge is 2.15. The highest BCUT2D eigenvalue weighted by Crippen LogP contribution is 2.14. The van der Waals surface area contributed by atoms with Crippen molar-refractivity contribution in [3.05, 3.63) is 16.8 Å². The van der Waals surface area contributed by atoms with Crippen molar-refractivity contribution in [1.29, 1.82) is 5.41 Å². The molecule has 4 nitrogen and oxygen atoms in total. The molecule has 0 saturated heterocycles. The van der Waals surface area contributed by atoms with Crippen LogP contribution < -0.4 is 5.73 Å². The van der Waals surface area contributed by atoms with Crippen molar-refractivity contribution in [1.82, 2.24) is 0 Å². The van der Waals surface area contributed by atoms with Gasteiger partial charge in [-0.15, -0.1) is 0 Å². The first-order valence-corrected chi connectivity index (χ1v) is 5.70. The van der Waals surface area contributed by atoms with E-state index in [0.29, 0.717) is 0 Å². The number of sulfone groups is 1. The lowest BCUT2D eigenvalue weighted by Gasteiger charge is -1.98. The summed E-state index contributed by atoms with van der Waals surface area (Å²) in [4.78, 5) is 0.239. The van der Waals surface area contributed by atoms with Crippen molar-refractivity contribution in [3.8, 4) is 0 Å². The van der Waals surface area contributed by atoms with Gasteiger partial charge in [0.2, 0.25) is 0 Å². The van der Waals surface area contributed by atoms with Gasteiger partial charge in [-0.2, -0.15) is 11.3 Å². The summed E-state index contributed by atoms with van der Waals surface area (Å²) in [7, 11) is -3.36. The van der Waals surface area contributed by atoms with Crippen LogP contribution in [-0.2, 0) is 9.84 Å². The molecule has 12 heavy (non-hydrogen) atoms. The zero-order chi connectivity index (χ0) is 9.19. The van der Waals surface area contributed by atoms with Gasteiger partial charge >= 0.3 is 0 Å². The minimum atomic E-state index is -3.36. The van der Waals surface area contributed by atoms with Crippen molar-refractivity contribution in [2.45, 2.75) is 4.90 Å². The molecule has 0 aromatic carbocycles. The molecular weight excluding hydrogens is 196 g/mol. The van der Waals surface area contributed by atoms with E-state index in [1.165, 1.54) is 22.8 Å². The Hall–Kier alpha value is -0.880. The third-order valence-corrected chi connectivity index (χ3v) is 3.70. The molecule has 0 amide bonds. The largest absolute Gasteiger partial charge is 0.387 e. The fourth-order valence-corrected chi connectivity index (χ4v) is 2.92. The first-order valence-electron chi connectivity index (χ1n) is 3.10. The van der Waals surface area contributed by atoms with Crippen LogP contribution in [0.15, 0.2) is 21.7 Å². The van der Waals surface area contributed by atoms with Crippen LogP contribution in [0.2, 0.25) is 0 Å². The second-order valence-electron chi connectivity index (χ2n) is 2.24. The lowest BCUT2D eigenvalue weighted by Crippen LogP contribution is -2.22. The van der Waals surface area contributed by atoms with Crippen LogP contribution in [0.4, 0.5) is 0 Å². The van der Waals surface area contributed by atoms with Crippen LogP contribution in [0, 0.1) is 5.41 Å². The van der Waals surface area contributed by atoms with Crippen LogP contribution >= 0.6 is 11.3 Å². The smallest absolute Gasteiger partial charge is 0.186 e. The molecule has 66 valence electrons. The first-order chi connectivity index (χ1) is 5.52. The first kappa shape index (κ1) is 9.21. The maximum atomic E-state index is 11.3. The van der Waals surface area contributed by atoms with Crippen LogP contribution in [0.5, 0.6) is 0 Å². The normalized spacial score (nSPS) is 11.3. The molecule has 0 spiro atoms. The van der Waals surface area contributed by atoms with E-state index in [4.69, 9.17) is 11.1 Å². The SMILES string of the molecule is N=C(N)CS(=O)(=O)c1ccsc1. The third-order valence-electron chi connectivity index (χ3n) is 1.20. The summed E-state index contributed by atoms with van der Waals surface area (Å²) in [6, 6.07) is 1.50. The summed E-state index contributed by atoms with van der Waals surface area (Å²) < 4.78 is 22.6. The molecule has 0 aliphatic heterocycles. The second kappa shape index (κ2) is 3.24. The number of nitrogens with one attached hydrogen (secondary N) is 1. The zero-order valence-corrected chi connectivity index (χ0v) is 7.78. The van der Waals surface area contributed by atoms with Crippen LogP contribution in [0.1, 0.15) is 0 Å². The number of hydrogen-bond donors (Lipinski definition) is 2. The topological polar surface area (TPSA) is 84.0 Å². The Morgan fingerprint density at radius 1 is 1.67 bits per heavy atom. The van der Waals surface area contributed by atoms with E-state index in [9.17, 15) is 8.42 Å². The number of amidine groups is 1. The minimum Gasteiger partial charge on any atom is -0.387 e. The fraction of sp³-hybridized carbons (Fsp3) is 0.167. The Morgan fingerprint density at radius 3 is 2.75 bits per heavy atom. The van der Waals surface area contributed by atoms with Gasteiger partial charge in [-0.3, -0.25) is 5.41 Å². The summed E-state index contributed by atoms with van der Waals surface area (Å²) in [6.45, 7) is 0. The van der Waals surface area contributed by atoms with E-state index in [-0.39, 0.29) is 10.7 Å². The summed E-state index contributed by atoms with van der Waals surface area (Å²) in [5.41, 5.74) is 4.99. The molecule has 6 heteroatoms. The quantitative estimate of drug-likeness (QED) is 0.554. The van der Waals surface area contributed by atoms with Crippen LogP contribution in [-0.4, -0.2) is 20.0 Å². The average molecular weight is 204 g/mol. The fourth-order valence-electron chi connectivity index (χ4n) is 0.717. The molecule has 0 bridgehead atoms. The standard InChI is InChI=1S/C6H8N2O2S2/c7-6(8)4-12(9,10)5-1-2-11-3-5/h1-3H,4H2,(H3,7,8). The lowest BCUT2D eigenvalue weighted by molar-refractivity contribution is 0.600. The Kier molecular flexibility index (Phi) is 2.49. The van der Waals surface area contributed by atoms with Gasteiger partial charge < -0.3 is 5.73 Å². The van der Waals surface area contributed by atoms with Gasteiger partial charge in [0.1, 0.15) is 11.6 Å². The molecule has 0 saturated carbocycles. The van der Waals surface area contributed by atoms with Gasteiger partial charge in [0, 0.05) is 5.38 Å². The second-order valence-corrected chi connectivity index (χ2v) is 5.01. The number of rotatable bonds is 3. The lowest BCUT2D eigenvalue weighted by atomic mass is 10.7. The number of thiophene rings is 1. The molecule has 0 fully saturated rings. The summed E-state index contributed by atoms with van der Waals surface area (Å²) in [5.74, 6) is -0.731. The zero-order valence-electron chi connectivity index (χ0n) is 6.15. The Balaban J connectivity index is 2.96. The van der Waals surface area contributed by atoms with Crippen molar-refractivity contribution in [3.63, 3.8) is 0 Å². The maximum Gasteiger partial charge on any atom is 0.186 e. The average Bonchev–Trinajstić information content (AvgIpc) is 2.32. The Labute approximate surface area is 74.5 Å². The molecule has 1 rings (SSSR count). The van der Waals surface area contributed by atoms with Gasteiger partial charge in [0.25, 0.3) is 0 Å². The maximum absolute atomic E-state index is 11.3. The van der Waals surface area contributed by atoms with Crippen molar-refractivity contribution in [2.24, 2.45) is 5.73 Å². The van der Waals surface area contributed by atoms with E-state index in [2.05, 4.69) is 0 Å². The Morgan fingerprint density at radius 2 is 2.33 bits per heavy atom. The summed E-state index contributed by atoms with van der Waals surface area (Å²) in [6.07, 6.45) is 0. The molecule has 0 aliphatic rings. The van der Waals surface area contributed by atoms with Gasteiger partial charge in [-0.05, 0) is 11.4 Å². The molecule has 0 radical (unpaired) electrons. The molecule has 3 N–H and O–H groups in total. The molecular formula is C6H8N2O2S2. The van der Waals surface area contributed by atoms with E-state index >= 15 is 0 Å².